The molecule has 4 nitrogen and oxygen atoms in total. The number of benzene rings is 2. The van der Waals surface area contributed by atoms with Gasteiger partial charge >= 0.3 is 5.97 Å². The van der Waals surface area contributed by atoms with Gasteiger partial charge in [-0.3, -0.25) is 4.79 Å². The highest BCUT2D eigenvalue weighted by Gasteiger charge is 2.12. The lowest BCUT2D eigenvalue weighted by molar-refractivity contribution is 0.0697. The van der Waals surface area contributed by atoms with E-state index in [1.54, 1.807) is 18.2 Å². The molecule has 0 fully saturated rings. The lowest BCUT2D eigenvalue weighted by atomic mass is 10.0. The second-order valence-corrected chi connectivity index (χ2v) is 4.87. The van der Waals surface area contributed by atoms with Gasteiger partial charge in [0.25, 0.3) is 0 Å². The highest BCUT2D eigenvalue weighted by Crippen LogP contribution is 2.28. The largest absolute Gasteiger partial charge is 0.478 e. The van der Waals surface area contributed by atoms with E-state index in [0.717, 1.165) is 0 Å². The average molecular weight is 310 g/mol. The molecular weight excluding hydrogens is 301 g/mol. The van der Waals surface area contributed by atoms with Gasteiger partial charge in [0, 0.05) is 0 Å². The van der Waals surface area contributed by atoms with Crippen LogP contribution in [0.3, 0.4) is 0 Å². The van der Waals surface area contributed by atoms with E-state index in [9.17, 15) is 9.59 Å². The van der Waals surface area contributed by atoms with E-state index in [0.29, 0.717) is 11.1 Å². The molecule has 0 bridgehead atoms. The quantitative estimate of drug-likeness (QED) is 0.911. The number of aromatic carboxylic acids is 1. The highest BCUT2D eigenvalue weighted by molar-refractivity contribution is 6.34. The summed E-state index contributed by atoms with van der Waals surface area (Å²) in [6.07, 6.45) is 0. The van der Waals surface area contributed by atoms with Crippen LogP contribution in [0.4, 0.5) is 0 Å². The Labute approximate surface area is 124 Å². The lowest BCUT2D eigenvalue weighted by Gasteiger charge is -2.07. The summed E-state index contributed by atoms with van der Waals surface area (Å²) in [4.78, 5) is 22.1. The number of carboxylic acid groups (broad SMARTS) is 1. The Hall–Kier alpha value is -2.04. The molecule has 2 aromatic rings. The van der Waals surface area contributed by atoms with Crippen molar-refractivity contribution in [2.45, 2.75) is 0 Å². The van der Waals surface area contributed by atoms with E-state index in [1.807, 2.05) is 0 Å². The lowest BCUT2D eigenvalue weighted by Crippen LogP contribution is -2.11. The maximum atomic E-state index is 11.1. The van der Waals surface area contributed by atoms with Crippen molar-refractivity contribution in [3.05, 3.63) is 57.6 Å². The third kappa shape index (κ3) is 2.76. The molecule has 3 N–H and O–H groups in total. The van der Waals surface area contributed by atoms with Crippen LogP contribution in [0.5, 0.6) is 0 Å². The number of amides is 1. The standard InChI is InChI=1S/C14H9Cl2NO3/c15-11-4-2-7(5-10(11)14(19)20)8-1-3-9(13(17)18)12(16)6-8/h1-6H,(H2,17,18)(H,19,20). The molecule has 20 heavy (non-hydrogen) atoms. The van der Waals surface area contributed by atoms with Crippen molar-refractivity contribution in [2.75, 3.05) is 0 Å². The van der Waals surface area contributed by atoms with E-state index in [1.165, 1.54) is 18.2 Å². The van der Waals surface area contributed by atoms with Crippen LogP contribution in [0, 0.1) is 0 Å². The summed E-state index contributed by atoms with van der Waals surface area (Å²) in [6.45, 7) is 0. The average Bonchev–Trinajstić information content (AvgIpc) is 2.38. The molecule has 0 radical (unpaired) electrons. The molecule has 1 amide bonds. The predicted octanol–water partition coefficient (Wildman–Crippen LogP) is 3.46. The third-order valence-corrected chi connectivity index (χ3v) is 3.41. The van der Waals surface area contributed by atoms with E-state index >= 15 is 0 Å². The van der Waals surface area contributed by atoms with E-state index < -0.39 is 11.9 Å². The maximum absolute atomic E-state index is 11.1. The zero-order chi connectivity index (χ0) is 14.9. The summed E-state index contributed by atoms with van der Waals surface area (Å²) < 4.78 is 0. The van der Waals surface area contributed by atoms with Crippen LogP contribution in [0.2, 0.25) is 10.0 Å². The van der Waals surface area contributed by atoms with Gasteiger partial charge in [0.1, 0.15) is 0 Å². The van der Waals surface area contributed by atoms with Crippen molar-refractivity contribution < 1.29 is 14.7 Å². The molecule has 0 aliphatic heterocycles. The molecule has 0 aliphatic carbocycles. The van der Waals surface area contributed by atoms with Crippen LogP contribution in [0.25, 0.3) is 11.1 Å². The first-order valence-electron chi connectivity index (χ1n) is 5.52. The summed E-state index contributed by atoms with van der Waals surface area (Å²) in [5.41, 5.74) is 6.67. The van der Waals surface area contributed by atoms with E-state index in [2.05, 4.69) is 0 Å². The smallest absolute Gasteiger partial charge is 0.337 e. The zero-order valence-electron chi connectivity index (χ0n) is 10.1. The number of carbonyl (C=O) groups is 2. The minimum atomic E-state index is -1.11. The number of carbonyl (C=O) groups excluding carboxylic acids is 1. The number of carboxylic acids is 1. The van der Waals surface area contributed by atoms with Gasteiger partial charge in [-0.15, -0.1) is 0 Å². The van der Waals surface area contributed by atoms with Crippen molar-refractivity contribution >= 4 is 35.1 Å². The molecular formula is C14H9Cl2NO3. The van der Waals surface area contributed by atoms with Crippen molar-refractivity contribution in [2.24, 2.45) is 5.73 Å². The third-order valence-electron chi connectivity index (χ3n) is 2.76. The Morgan fingerprint density at radius 1 is 0.900 bits per heavy atom. The molecule has 2 aromatic carbocycles. The summed E-state index contributed by atoms with van der Waals surface area (Å²) in [6, 6.07) is 9.30. The van der Waals surface area contributed by atoms with Gasteiger partial charge in [0.15, 0.2) is 0 Å². The fourth-order valence-corrected chi connectivity index (χ4v) is 2.24. The SMILES string of the molecule is NC(=O)c1ccc(-c2ccc(Cl)c(C(=O)O)c2)cc1Cl. The van der Waals surface area contributed by atoms with Crippen LogP contribution < -0.4 is 5.73 Å². The Balaban J connectivity index is 2.52. The first-order chi connectivity index (χ1) is 9.40. The van der Waals surface area contributed by atoms with E-state index in [4.69, 9.17) is 34.0 Å². The first-order valence-corrected chi connectivity index (χ1v) is 6.28. The van der Waals surface area contributed by atoms with Gasteiger partial charge in [0.05, 0.1) is 21.2 Å². The van der Waals surface area contributed by atoms with E-state index in [-0.39, 0.29) is 21.2 Å². The molecule has 0 unspecified atom stereocenters. The van der Waals surface area contributed by atoms with Crippen molar-refractivity contribution in [1.29, 1.82) is 0 Å². The highest BCUT2D eigenvalue weighted by atomic mass is 35.5. The number of rotatable bonds is 3. The summed E-state index contributed by atoms with van der Waals surface area (Å²) >= 11 is 11.8. The van der Waals surface area contributed by atoms with Crippen molar-refractivity contribution in [3.8, 4) is 11.1 Å². The fraction of sp³-hybridized carbons (Fsp3) is 0. The maximum Gasteiger partial charge on any atom is 0.337 e. The molecule has 0 saturated heterocycles. The molecule has 2 rings (SSSR count). The van der Waals surface area contributed by atoms with Crippen LogP contribution in [0.1, 0.15) is 20.7 Å². The second-order valence-electron chi connectivity index (χ2n) is 4.06. The number of nitrogens with two attached hydrogens (primary N) is 1. The monoisotopic (exact) mass is 309 g/mol. The summed E-state index contributed by atoms with van der Waals surface area (Å²) in [7, 11) is 0. The van der Waals surface area contributed by atoms with Gasteiger partial charge in [-0.25, -0.2) is 4.79 Å². The fourth-order valence-electron chi connectivity index (χ4n) is 1.76. The zero-order valence-corrected chi connectivity index (χ0v) is 11.6. The molecule has 0 heterocycles. The van der Waals surface area contributed by atoms with Gasteiger partial charge in [-0.1, -0.05) is 35.3 Å². The number of primary amides is 1. The van der Waals surface area contributed by atoms with Gasteiger partial charge in [-0.2, -0.15) is 0 Å². The first kappa shape index (κ1) is 14.4. The van der Waals surface area contributed by atoms with Crippen LogP contribution in [-0.2, 0) is 0 Å². The molecule has 102 valence electrons. The molecule has 0 aliphatic rings. The Morgan fingerprint density at radius 2 is 1.50 bits per heavy atom. The van der Waals surface area contributed by atoms with Crippen LogP contribution in [0.15, 0.2) is 36.4 Å². The Bertz CT molecular complexity index is 714. The minimum Gasteiger partial charge on any atom is -0.478 e. The van der Waals surface area contributed by atoms with Crippen LogP contribution in [-0.4, -0.2) is 17.0 Å². The molecule has 0 saturated carbocycles. The topological polar surface area (TPSA) is 80.4 Å². The van der Waals surface area contributed by atoms with Crippen molar-refractivity contribution in [3.63, 3.8) is 0 Å². The molecule has 0 aromatic heterocycles. The van der Waals surface area contributed by atoms with Gasteiger partial charge < -0.3 is 10.8 Å². The molecule has 0 atom stereocenters. The summed E-state index contributed by atoms with van der Waals surface area (Å²) in [5.74, 6) is -1.74. The van der Waals surface area contributed by atoms with Gasteiger partial charge in [-0.05, 0) is 35.4 Å². The number of halogens is 2. The van der Waals surface area contributed by atoms with Gasteiger partial charge in [0.2, 0.25) is 5.91 Å². The molecule has 6 heteroatoms. The predicted molar refractivity (Wildman–Crippen MR) is 77.4 cm³/mol. The summed E-state index contributed by atoms with van der Waals surface area (Å²) in [5, 5.41) is 9.40. The normalized spacial score (nSPS) is 10.3. The minimum absolute atomic E-state index is 0.000679. The van der Waals surface area contributed by atoms with Crippen LogP contribution >= 0.6 is 23.2 Å². The second kappa shape index (κ2) is 5.53. The Morgan fingerprint density at radius 3 is 2.05 bits per heavy atom. The molecule has 0 spiro atoms. The Kier molecular flexibility index (Phi) is 3.97. The number of hydrogen-bond donors (Lipinski definition) is 2. The number of hydrogen-bond acceptors (Lipinski definition) is 2. The van der Waals surface area contributed by atoms with Crippen molar-refractivity contribution in [1.82, 2.24) is 0 Å².